The minimum Gasteiger partial charge on any atom is -0.298 e. The van der Waals surface area contributed by atoms with Gasteiger partial charge in [-0.1, -0.05) is 29.8 Å². The lowest BCUT2D eigenvalue weighted by Gasteiger charge is -2.39. The molecule has 2 heterocycles. The molecule has 0 aliphatic carbocycles. The molecule has 0 amide bonds. The van der Waals surface area contributed by atoms with Crippen LogP contribution < -0.4 is 0 Å². The van der Waals surface area contributed by atoms with Crippen molar-refractivity contribution >= 4 is 11.6 Å². The van der Waals surface area contributed by atoms with Gasteiger partial charge in [-0.05, 0) is 24.1 Å². The maximum Gasteiger partial charge on any atom is 0.0518 e. The van der Waals surface area contributed by atoms with Crippen LogP contribution in [0.4, 0.5) is 0 Å². The highest BCUT2D eigenvalue weighted by Crippen LogP contribution is 2.23. The molecule has 0 unspecified atom stereocenters. The molecule has 100 valence electrons. The monoisotopic (exact) mass is 275 g/mol. The van der Waals surface area contributed by atoms with Crippen LogP contribution in [0.2, 0.25) is 5.02 Å². The minimum absolute atomic E-state index is 0.710. The van der Waals surface area contributed by atoms with Crippen LogP contribution >= 0.6 is 11.6 Å². The average Bonchev–Trinajstić information content (AvgIpc) is 2.75. The summed E-state index contributed by atoms with van der Waals surface area (Å²) in [6.45, 7) is 6.31. The summed E-state index contributed by atoms with van der Waals surface area (Å²) in [7, 11) is 0. The summed E-state index contributed by atoms with van der Waals surface area (Å²) < 4.78 is 2.05. The van der Waals surface area contributed by atoms with E-state index in [0.717, 1.165) is 31.2 Å². The van der Waals surface area contributed by atoms with Crippen molar-refractivity contribution < 1.29 is 0 Å². The molecule has 0 spiro atoms. The van der Waals surface area contributed by atoms with Crippen molar-refractivity contribution in [3.8, 4) is 0 Å². The normalized spacial score (nSPS) is 16.5. The number of nitrogens with zero attached hydrogens (tertiary/aromatic N) is 3. The first-order valence-electron chi connectivity index (χ1n) is 6.65. The Bertz CT molecular complexity index is 558. The maximum atomic E-state index is 6.18. The second kappa shape index (κ2) is 5.35. The number of aryl methyl sites for hydroxylation is 1. The second-order valence-corrected chi connectivity index (χ2v) is 5.80. The number of benzene rings is 1. The molecular formula is C15H18ClN3. The molecule has 0 atom stereocenters. The summed E-state index contributed by atoms with van der Waals surface area (Å²) in [6, 6.07) is 8.09. The van der Waals surface area contributed by atoms with E-state index >= 15 is 0 Å². The quantitative estimate of drug-likeness (QED) is 0.855. The lowest BCUT2D eigenvalue weighted by Crippen LogP contribution is -2.47. The van der Waals surface area contributed by atoms with Crippen molar-refractivity contribution in [1.29, 1.82) is 0 Å². The molecule has 1 aromatic carbocycles. The Morgan fingerprint density at radius 1 is 1.32 bits per heavy atom. The zero-order valence-electron chi connectivity index (χ0n) is 11.1. The maximum absolute atomic E-state index is 6.18. The largest absolute Gasteiger partial charge is 0.298 e. The van der Waals surface area contributed by atoms with E-state index in [0.29, 0.717) is 5.92 Å². The lowest BCUT2D eigenvalue weighted by atomic mass is 9.99. The highest BCUT2D eigenvalue weighted by molar-refractivity contribution is 6.31. The fraction of sp³-hybridized carbons (Fsp3) is 0.400. The van der Waals surface area contributed by atoms with Gasteiger partial charge in [0.2, 0.25) is 0 Å². The molecule has 2 aromatic rings. The van der Waals surface area contributed by atoms with Crippen LogP contribution in [-0.4, -0.2) is 27.8 Å². The van der Waals surface area contributed by atoms with Crippen LogP contribution in [0.3, 0.4) is 0 Å². The SMILES string of the molecule is Cc1cnn(CC2CN(Cc3ccccc3Cl)C2)c1. The van der Waals surface area contributed by atoms with Gasteiger partial charge in [-0.25, -0.2) is 0 Å². The van der Waals surface area contributed by atoms with E-state index in [4.69, 9.17) is 11.6 Å². The summed E-state index contributed by atoms with van der Waals surface area (Å²) in [4.78, 5) is 2.43. The molecule has 3 rings (SSSR count). The van der Waals surface area contributed by atoms with E-state index < -0.39 is 0 Å². The van der Waals surface area contributed by atoms with Gasteiger partial charge in [-0.2, -0.15) is 5.10 Å². The van der Waals surface area contributed by atoms with Gasteiger partial charge in [0, 0.05) is 43.3 Å². The van der Waals surface area contributed by atoms with Gasteiger partial charge in [0.05, 0.1) is 6.20 Å². The Labute approximate surface area is 118 Å². The molecule has 1 aliphatic heterocycles. The van der Waals surface area contributed by atoms with E-state index in [1.54, 1.807) is 0 Å². The van der Waals surface area contributed by atoms with Gasteiger partial charge < -0.3 is 0 Å². The third kappa shape index (κ3) is 2.99. The summed E-state index contributed by atoms with van der Waals surface area (Å²) in [5.74, 6) is 0.710. The van der Waals surface area contributed by atoms with Gasteiger partial charge in [0.1, 0.15) is 0 Å². The smallest absolute Gasteiger partial charge is 0.0518 e. The van der Waals surface area contributed by atoms with E-state index in [1.165, 1.54) is 11.1 Å². The molecule has 1 saturated heterocycles. The standard InChI is InChI=1S/C15H18ClN3/c1-12-6-17-19(7-12)10-13-8-18(9-13)11-14-4-2-3-5-15(14)16/h2-7,13H,8-11H2,1H3. The molecule has 19 heavy (non-hydrogen) atoms. The van der Waals surface area contributed by atoms with Gasteiger partial charge >= 0.3 is 0 Å². The Hall–Kier alpha value is -1.32. The lowest BCUT2D eigenvalue weighted by molar-refractivity contribution is 0.0778. The van der Waals surface area contributed by atoms with Crippen LogP contribution in [0.25, 0.3) is 0 Å². The molecular weight excluding hydrogens is 258 g/mol. The zero-order chi connectivity index (χ0) is 13.2. The molecule has 1 aliphatic rings. The predicted octanol–water partition coefficient (Wildman–Crippen LogP) is 2.98. The first-order chi connectivity index (χ1) is 9.20. The highest BCUT2D eigenvalue weighted by atomic mass is 35.5. The van der Waals surface area contributed by atoms with E-state index in [1.807, 2.05) is 29.1 Å². The van der Waals surface area contributed by atoms with Crippen molar-refractivity contribution in [2.75, 3.05) is 13.1 Å². The van der Waals surface area contributed by atoms with Crippen molar-refractivity contribution in [1.82, 2.24) is 14.7 Å². The van der Waals surface area contributed by atoms with Crippen LogP contribution in [0.15, 0.2) is 36.7 Å². The number of aromatic nitrogens is 2. The molecule has 0 N–H and O–H groups in total. The topological polar surface area (TPSA) is 21.1 Å². The van der Waals surface area contributed by atoms with E-state index in [9.17, 15) is 0 Å². The molecule has 0 radical (unpaired) electrons. The van der Waals surface area contributed by atoms with Gasteiger partial charge in [-0.15, -0.1) is 0 Å². The molecule has 1 fully saturated rings. The van der Waals surface area contributed by atoms with Gasteiger partial charge in [0.25, 0.3) is 0 Å². The molecule has 3 nitrogen and oxygen atoms in total. The number of likely N-dealkylation sites (tertiary alicyclic amines) is 1. The molecule has 1 aromatic heterocycles. The second-order valence-electron chi connectivity index (χ2n) is 5.39. The summed E-state index contributed by atoms with van der Waals surface area (Å²) in [5.41, 5.74) is 2.45. The van der Waals surface area contributed by atoms with Crippen molar-refractivity contribution in [3.05, 3.63) is 52.8 Å². The van der Waals surface area contributed by atoms with Crippen LogP contribution in [0.1, 0.15) is 11.1 Å². The van der Waals surface area contributed by atoms with Gasteiger partial charge in [0.15, 0.2) is 0 Å². The first kappa shape index (κ1) is 12.7. The predicted molar refractivity (Wildman–Crippen MR) is 77.2 cm³/mol. The van der Waals surface area contributed by atoms with Crippen molar-refractivity contribution in [3.63, 3.8) is 0 Å². The van der Waals surface area contributed by atoms with Crippen LogP contribution in [0, 0.1) is 12.8 Å². The van der Waals surface area contributed by atoms with Gasteiger partial charge in [-0.3, -0.25) is 9.58 Å². The number of rotatable bonds is 4. The fourth-order valence-corrected chi connectivity index (χ4v) is 2.82. The Morgan fingerprint density at radius 3 is 2.79 bits per heavy atom. The molecule has 0 bridgehead atoms. The first-order valence-corrected chi connectivity index (χ1v) is 7.03. The number of hydrogen-bond donors (Lipinski definition) is 0. The van der Waals surface area contributed by atoms with E-state index in [-0.39, 0.29) is 0 Å². The highest BCUT2D eigenvalue weighted by Gasteiger charge is 2.27. The number of hydrogen-bond acceptors (Lipinski definition) is 2. The summed E-state index contributed by atoms with van der Waals surface area (Å²) in [6.07, 6.45) is 4.02. The average molecular weight is 276 g/mol. The van der Waals surface area contributed by atoms with Crippen LogP contribution in [-0.2, 0) is 13.1 Å². The summed E-state index contributed by atoms with van der Waals surface area (Å²) >= 11 is 6.18. The third-order valence-corrected chi connectivity index (χ3v) is 3.96. The minimum atomic E-state index is 0.710. The van der Waals surface area contributed by atoms with Crippen LogP contribution in [0.5, 0.6) is 0 Å². The Morgan fingerprint density at radius 2 is 2.11 bits per heavy atom. The Kier molecular flexibility index (Phi) is 3.58. The number of halogens is 1. The zero-order valence-corrected chi connectivity index (χ0v) is 11.8. The summed E-state index contributed by atoms with van der Waals surface area (Å²) in [5, 5.41) is 5.21. The van der Waals surface area contributed by atoms with Crippen molar-refractivity contribution in [2.24, 2.45) is 5.92 Å². The van der Waals surface area contributed by atoms with Crippen molar-refractivity contribution in [2.45, 2.75) is 20.0 Å². The molecule has 4 heteroatoms. The molecule has 0 saturated carbocycles. The van der Waals surface area contributed by atoms with E-state index in [2.05, 4.69) is 29.2 Å². The third-order valence-electron chi connectivity index (χ3n) is 3.59. The Balaban J connectivity index is 1.49. The fourth-order valence-electron chi connectivity index (χ4n) is 2.62.